The Morgan fingerprint density at radius 2 is 0.855 bits per heavy atom. The predicted molar refractivity (Wildman–Crippen MR) is 322 cm³/mol. The van der Waals surface area contributed by atoms with E-state index in [1.165, 1.54) is 27.5 Å². The summed E-state index contributed by atoms with van der Waals surface area (Å²) >= 11 is 0. The first-order chi connectivity index (χ1) is 39.0. The molecule has 0 spiro atoms. The van der Waals surface area contributed by atoms with Crippen LogP contribution in [-0.4, -0.2) is 85.0 Å². The Balaban J connectivity index is 0.000000235. The maximum absolute atomic E-state index is 13.8. The number of nitrogens with one attached hydrogen (secondary N) is 3. The molecule has 0 saturated carbocycles. The molecule has 2 aliphatic rings. The zero-order valence-electron chi connectivity index (χ0n) is 49.5. The maximum Gasteiger partial charge on any atom is 0.414 e. The highest BCUT2D eigenvalue weighted by Gasteiger charge is 2.42. The monoisotopic (exact) mass is 1130 g/mol. The van der Waals surface area contributed by atoms with E-state index in [-0.39, 0.29) is 60.1 Å². The summed E-state index contributed by atoms with van der Waals surface area (Å²) in [5, 5.41) is 17.9. The van der Waals surface area contributed by atoms with Crippen LogP contribution in [-0.2, 0) is 19.1 Å². The van der Waals surface area contributed by atoms with Gasteiger partial charge in [0.2, 0.25) is 23.7 Å². The molecule has 83 heavy (non-hydrogen) atoms. The SMILES string of the molecule is CC1(C)CC(=O)N(C(c2ccccc2)c2cccc(C(=O)O)c2)C(NC(=O)OC(C)(C)C)=N1.C[C@H](N)c1ccccc1.C[C@H](NC(=O)c1cccc(C(c2ccccc2)N2C(=O)CC(C)(C)N=C2NC(=O)OC(C)(C)C)c1)c1ccccc1. The number of carboxylic acids is 1. The molecule has 0 aliphatic carbocycles. The van der Waals surface area contributed by atoms with Crippen LogP contribution in [0.2, 0.25) is 0 Å². The van der Waals surface area contributed by atoms with E-state index in [0.717, 1.165) is 16.7 Å². The van der Waals surface area contributed by atoms with E-state index in [9.17, 15) is 33.9 Å². The van der Waals surface area contributed by atoms with E-state index in [0.29, 0.717) is 16.7 Å². The normalized spacial score (nSPS) is 16.1. The number of aliphatic imine (C=N–C) groups is 2. The number of nitrogens with two attached hydrogens (primary N) is 1. The molecule has 0 fully saturated rings. The quantitative estimate of drug-likeness (QED) is 0.0823. The average molecular weight is 1130 g/mol. The highest BCUT2D eigenvalue weighted by atomic mass is 16.6. The van der Waals surface area contributed by atoms with E-state index >= 15 is 0 Å². The number of guanidine groups is 2. The van der Waals surface area contributed by atoms with Crippen LogP contribution in [0.25, 0.3) is 0 Å². The van der Waals surface area contributed by atoms with E-state index in [1.807, 2.05) is 169 Å². The summed E-state index contributed by atoms with van der Waals surface area (Å²) in [5.41, 5.74) is 8.23. The second-order valence-electron chi connectivity index (χ2n) is 23.6. The first-order valence-electron chi connectivity index (χ1n) is 27.5. The van der Waals surface area contributed by atoms with Gasteiger partial charge >= 0.3 is 18.2 Å². The van der Waals surface area contributed by atoms with E-state index < -0.39 is 52.5 Å². The van der Waals surface area contributed by atoms with Gasteiger partial charge in [0.15, 0.2) is 0 Å². The summed E-state index contributed by atoms with van der Waals surface area (Å²) in [6.45, 7) is 21.7. The van der Waals surface area contributed by atoms with Crippen LogP contribution < -0.4 is 21.7 Å². The molecular formula is C66H78N8O9. The van der Waals surface area contributed by atoms with Gasteiger partial charge in [0, 0.05) is 11.6 Å². The number of hydrogen-bond donors (Lipinski definition) is 5. The van der Waals surface area contributed by atoms with Crippen molar-refractivity contribution in [2.75, 3.05) is 0 Å². The Labute approximate surface area is 487 Å². The van der Waals surface area contributed by atoms with Gasteiger partial charge in [0.25, 0.3) is 5.91 Å². The van der Waals surface area contributed by atoms with Crippen molar-refractivity contribution in [2.24, 2.45) is 15.7 Å². The minimum Gasteiger partial charge on any atom is -0.478 e. The lowest BCUT2D eigenvalue weighted by molar-refractivity contribution is -0.131. The number of nitrogens with zero attached hydrogens (tertiary/aromatic N) is 4. The number of ether oxygens (including phenoxy) is 2. The molecule has 0 radical (unpaired) electrons. The highest BCUT2D eigenvalue weighted by Crippen LogP contribution is 2.36. The molecule has 17 nitrogen and oxygen atoms in total. The van der Waals surface area contributed by atoms with Crippen molar-refractivity contribution in [3.8, 4) is 0 Å². The van der Waals surface area contributed by atoms with Gasteiger partial charge in [-0.2, -0.15) is 0 Å². The van der Waals surface area contributed by atoms with Gasteiger partial charge in [-0.1, -0.05) is 146 Å². The number of alkyl carbamates (subject to hydrolysis) is 2. The van der Waals surface area contributed by atoms with E-state index in [2.05, 4.69) is 20.9 Å². The smallest absolute Gasteiger partial charge is 0.414 e. The van der Waals surface area contributed by atoms with Gasteiger partial charge in [-0.3, -0.25) is 34.8 Å². The molecule has 8 rings (SSSR count). The van der Waals surface area contributed by atoms with Crippen LogP contribution in [0.5, 0.6) is 0 Å². The second kappa shape index (κ2) is 27.2. The molecule has 2 heterocycles. The van der Waals surface area contributed by atoms with Crippen LogP contribution in [0, 0.1) is 0 Å². The van der Waals surface area contributed by atoms with Crippen LogP contribution in [0.3, 0.4) is 0 Å². The largest absolute Gasteiger partial charge is 0.478 e. The van der Waals surface area contributed by atoms with Crippen molar-refractivity contribution in [2.45, 2.75) is 142 Å². The van der Waals surface area contributed by atoms with Crippen LogP contribution in [0.1, 0.15) is 174 Å². The van der Waals surface area contributed by atoms with Crippen LogP contribution >= 0.6 is 0 Å². The fourth-order valence-electron chi connectivity index (χ4n) is 9.21. The molecule has 17 heteroatoms. The molecule has 0 bridgehead atoms. The number of amides is 5. The average Bonchev–Trinajstić information content (AvgIpc) is 3.54. The molecular weight excluding hydrogens is 1050 g/mol. The fourth-order valence-corrected chi connectivity index (χ4v) is 9.21. The number of aromatic carboxylic acids is 1. The first kappa shape index (κ1) is 63.2. The Kier molecular flexibility index (Phi) is 20.7. The van der Waals surface area contributed by atoms with Crippen molar-refractivity contribution < 1.29 is 43.3 Å². The maximum atomic E-state index is 13.8. The van der Waals surface area contributed by atoms with Gasteiger partial charge in [-0.15, -0.1) is 0 Å². The lowest BCUT2D eigenvalue weighted by Gasteiger charge is -2.39. The number of benzene rings is 6. The first-order valence-corrected chi connectivity index (χ1v) is 27.5. The Hall–Kier alpha value is -8.96. The summed E-state index contributed by atoms with van der Waals surface area (Å²) in [7, 11) is 0. The van der Waals surface area contributed by atoms with Gasteiger partial charge in [-0.25, -0.2) is 24.4 Å². The van der Waals surface area contributed by atoms with Crippen molar-refractivity contribution >= 4 is 47.8 Å². The van der Waals surface area contributed by atoms with Gasteiger partial charge in [-0.05, 0) is 141 Å². The zero-order chi connectivity index (χ0) is 60.9. The third-order valence-corrected chi connectivity index (χ3v) is 12.8. The van der Waals surface area contributed by atoms with Crippen molar-refractivity contribution in [1.29, 1.82) is 0 Å². The molecule has 2 aliphatic heterocycles. The van der Waals surface area contributed by atoms with Gasteiger partial charge in [0.1, 0.15) is 11.2 Å². The number of rotatable bonds is 11. The zero-order valence-corrected chi connectivity index (χ0v) is 49.5. The topological polar surface area (TPSA) is 234 Å². The molecule has 6 N–H and O–H groups in total. The van der Waals surface area contributed by atoms with Crippen LogP contribution in [0.4, 0.5) is 9.59 Å². The molecule has 0 saturated heterocycles. The summed E-state index contributed by atoms with van der Waals surface area (Å²) in [5.74, 6) is -1.62. The lowest BCUT2D eigenvalue weighted by atomic mass is 9.92. The molecule has 6 aromatic carbocycles. The third kappa shape index (κ3) is 18.5. The second-order valence-corrected chi connectivity index (χ2v) is 23.6. The summed E-state index contributed by atoms with van der Waals surface area (Å²) in [4.78, 5) is 89.9. The minimum absolute atomic E-state index is 0.0556. The van der Waals surface area contributed by atoms with Crippen molar-refractivity contribution in [3.05, 3.63) is 214 Å². The number of carboxylic acid groups (broad SMARTS) is 1. The Morgan fingerprint density at radius 1 is 0.518 bits per heavy atom. The summed E-state index contributed by atoms with van der Waals surface area (Å²) in [6.07, 6.45) is -1.18. The highest BCUT2D eigenvalue weighted by molar-refractivity contribution is 6.07. The van der Waals surface area contributed by atoms with Crippen LogP contribution in [0.15, 0.2) is 180 Å². The van der Waals surface area contributed by atoms with Crippen molar-refractivity contribution in [1.82, 2.24) is 25.8 Å². The number of carbonyl (C=O) groups is 6. The molecule has 6 aromatic rings. The van der Waals surface area contributed by atoms with E-state index in [4.69, 9.17) is 20.2 Å². The predicted octanol–water partition coefficient (Wildman–Crippen LogP) is 12.2. The van der Waals surface area contributed by atoms with Gasteiger partial charge in [0.05, 0.1) is 47.6 Å². The molecule has 4 atom stereocenters. The van der Waals surface area contributed by atoms with E-state index in [1.54, 1.807) is 71.9 Å². The standard InChI is InChI=1S/C33H38N4O4.C25H29N3O5.C8H11N/c1-22(23-14-9-7-10-15-23)34-29(39)26-19-13-18-25(20-26)28(24-16-11-8-12-17-24)37-27(38)21-33(5,6)36-30(37)35-31(40)41-32(2,3)4;1-24(2,3)33-23(32)26-22-27-25(4,5)15-19(29)28(22)20(16-10-7-6-8-11-16)17-12-9-13-18(14-17)21(30)31;1-7(9)8-5-3-2-4-6-8/h7-20,22,28H,21H2,1-6H3,(H,34,39)(H,35,36,40);6-14,20H,15H2,1-5H3,(H,30,31)(H,26,27,32);2-7H,9H2,1H3/t22-,28?;;7-/m0.0/s1. The summed E-state index contributed by atoms with van der Waals surface area (Å²) < 4.78 is 10.9. The molecule has 0 aromatic heterocycles. The lowest BCUT2D eigenvalue weighted by Crippen LogP contribution is -2.55. The fraction of sp³-hybridized carbons (Fsp3) is 0.333. The van der Waals surface area contributed by atoms with Crippen molar-refractivity contribution in [3.63, 3.8) is 0 Å². The summed E-state index contributed by atoms with van der Waals surface area (Å²) in [6, 6.07) is 50.7. The molecule has 436 valence electrons. The molecule has 5 amide bonds. The molecule has 2 unspecified atom stereocenters. The number of hydrogen-bond acceptors (Lipinski definition) is 11. The minimum atomic E-state index is -1.07. The van der Waals surface area contributed by atoms with Gasteiger partial charge < -0.3 is 25.6 Å². The Morgan fingerprint density at radius 3 is 1.20 bits per heavy atom. The Bertz CT molecular complexity index is 3280. The third-order valence-electron chi connectivity index (χ3n) is 12.8. The number of carbonyl (C=O) groups excluding carboxylic acids is 5.